The normalized spacial score (nSPS) is 19.8. The van der Waals surface area contributed by atoms with Gasteiger partial charge in [-0.15, -0.1) is 11.3 Å². The van der Waals surface area contributed by atoms with Gasteiger partial charge in [0.05, 0.1) is 0 Å². The Morgan fingerprint density at radius 2 is 2.11 bits per heavy atom. The Balaban J connectivity index is 1.78. The third-order valence-electron chi connectivity index (χ3n) is 3.55. The van der Waals surface area contributed by atoms with Crippen LogP contribution >= 0.6 is 11.3 Å². The fourth-order valence-electron chi connectivity index (χ4n) is 2.73. The van der Waals surface area contributed by atoms with Crippen LogP contribution in [0.4, 0.5) is 0 Å². The molecule has 1 atom stereocenters. The molecule has 3 rings (SSSR count). The second kappa shape index (κ2) is 4.84. The van der Waals surface area contributed by atoms with Gasteiger partial charge in [0.2, 0.25) is 0 Å². The highest BCUT2D eigenvalue weighted by atomic mass is 32.1. The average molecular weight is 258 g/mol. The van der Waals surface area contributed by atoms with Crippen LogP contribution in [0, 0.1) is 6.92 Å². The van der Waals surface area contributed by atoms with Gasteiger partial charge in [0, 0.05) is 30.6 Å². The minimum atomic E-state index is 0.170. The summed E-state index contributed by atoms with van der Waals surface area (Å²) in [5.74, 6) is 0. The maximum atomic E-state index is 6.30. The van der Waals surface area contributed by atoms with Crippen molar-refractivity contribution in [3.05, 3.63) is 57.3 Å². The van der Waals surface area contributed by atoms with Gasteiger partial charge < -0.3 is 5.73 Å². The van der Waals surface area contributed by atoms with Crippen LogP contribution in [0.3, 0.4) is 0 Å². The third-order valence-corrected chi connectivity index (χ3v) is 4.65. The molecule has 0 radical (unpaired) electrons. The van der Waals surface area contributed by atoms with E-state index in [4.69, 9.17) is 5.73 Å². The fraction of sp³-hybridized carbons (Fsp3) is 0.333. The molecule has 2 heterocycles. The van der Waals surface area contributed by atoms with Crippen molar-refractivity contribution in [1.29, 1.82) is 0 Å². The van der Waals surface area contributed by atoms with Gasteiger partial charge in [-0.2, -0.15) is 0 Å². The number of aryl methyl sites for hydroxylation is 1. The zero-order valence-corrected chi connectivity index (χ0v) is 11.4. The van der Waals surface area contributed by atoms with E-state index in [1.807, 2.05) is 11.3 Å². The number of rotatable bonds is 2. The van der Waals surface area contributed by atoms with Gasteiger partial charge in [0.25, 0.3) is 0 Å². The predicted octanol–water partition coefficient (Wildman–Crippen LogP) is 3.07. The van der Waals surface area contributed by atoms with Crippen LogP contribution in [0.5, 0.6) is 0 Å². The minimum absolute atomic E-state index is 0.170. The zero-order chi connectivity index (χ0) is 12.5. The van der Waals surface area contributed by atoms with Crippen molar-refractivity contribution in [2.24, 2.45) is 5.73 Å². The van der Waals surface area contributed by atoms with Gasteiger partial charge in [0.15, 0.2) is 0 Å². The largest absolute Gasteiger partial charge is 0.323 e. The molecule has 1 aromatic carbocycles. The lowest BCUT2D eigenvalue weighted by molar-refractivity contribution is 0.226. The van der Waals surface area contributed by atoms with E-state index in [1.165, 1.54) is 21.6 Å². The average Bonchev–Trinajstić information content (AvgIpc) is 2.72. The Labute approximate surface area is 112 Å². The third kappa shape index (κ3) is 2.21. The Bertz CT molecular complexity index is 533. The van der Waals surface area contributed by atoms with Gasteiger partial charge in [0.1, 0.15) is 0 Å². The topological polar surface area (TPSA) is 29.3 Å². The number of fused-ring (bicyclic) bond motifs is 1. The zero-order valence-electron chi connectivity index (χ0n) is 10.6. The monoisotopic (exact) mass is 258 g/mol. The second-order valence-electron chi connectivity index (χ2n) is 5.02. The first-order valence-electron chi connectivity index (χ1n) is 6.33. The highest BCUT2D eigenvalue weighted by Gasteiger charge is 2.25. The summed E-state index contributed by atoms with van der Waals surface area (Å²) in [4.78, 5) is 3.89. The van der Waals surface area contributed by atoms with Crippen LogP contribution in [0.2, 0.25) is 0 Å². The summed E-state index contributed by atoms with van der Waals surface area (Å²) in [6, 6.07) is 10.8. The van der Waals surface area contributed by atoms with E-state index in [9.17, 15) is 0 Å². The van der Waals surface area contributed by atoms with Gasteiger partial charge in [-0.3, -0.25) is 4.90 Å². The van der Waals surface area contributed by atoms with Crippen LogP contribution in [0.25, 0.3) is 0 Å². The van der Waals surface area contributed by atoms with Crippen LogP contribution < -0.4 is 5.73 Å². The van der Waals surface area contributed by atoms with Crippen molar-refractivity contribution < 1.29 is 0 Å². The molecule has 0 bridgehead atoms. The molecular weight excluding hydrogens is 240 g/mol. The molecule has 0 saturated heterocycles. The molecule has 18 heavy (non-hydrogen) atoms. The van der Waals surface area contributed by atoms with Gasteiger partial charge in [-0.25, -0.2) is 0 Å². The Morgan fingerprint density at radius 3 is 2.89 bits per heavy atom. The summed E-state index contributed by atoms with van der Waals surface area (Å²) in [5, 5.41) is 2.23. The van der Waals surface area contributed by atoms with Crippen LogP contribution in [0.1, 0.15) is 27.6 Å². The quantitative estimate of drug-likeness (QED) is 0.897. The molecule has 1 aromatic heterocycles. The molecule has 0 aliphatic carbocycles. The molecule has 0 amide bonds. The molecule has 0 fully saturated rings. The molecule has 94 valence electrons. The van der Waals surface area contributed by atoms with Crippen molar-refractivity contribution >= 4 is 11.3 Å². The first-order valence-corrected chi connectivity index (χ1v) is 7.20. The van der Waals surface area contributed by atoms with E-state index >= 15 is 0 Å². The predicted molar refractivity (Wildman–Crippen MR) is 76.5 cm³/mol. The molecule has 1 unspecified atom stereocenters. The lowest BCUT2D eigenvalue weighted by Crippen LogP contribution is -2.36. The van der Waals surface area contributed by atoms with Crippen molar-refractivity contribution in [3.8, 4) is 0 Å². The summed E-state index contributed by atoms with van der Waals surface area (Å²) >= 11 is 1.85. The smallest absolute Gasteiger partial charge is 0.0438 e. The lowest BCUT2D eigenvalue weighted by atomic mass is 9.99. The number of nitrogens with two attached hydrogens (primary N) is 1. The summed E-state index contributed by atoms with van der Waals surface area (Å²) in [5.41, 5.74) is 10.4. The summed E-state index contributed by atoms with van der Waals surface area (Å²) in [6.45, 7) is 5.16. The molecule has 2 N–H and O–H groups in total. The maximum absolute atomic E-state index is 6.30. The summed E-state index contributed by atoms with van der Waals surface area (Å²) in [6.07, 6.45) is 0. The molecular formula is C15H18N2S. The molecule has 2 nitrogen and oxygen atoms in total. The minimum Gasteiger partial charge on any atom is -0.323 e. The lowest BCUT2D eigenvalue weighted by Gasteiger charge is -2.31. The van der Waals surface area contributed by atoms with Gasteiger partial charge in [-0.05, 0) is 29.0 Å². The molecule has 1 aliphatic heterocycles. The van der Waals surface area contributed by atoms with E-state index in [-0.39, 0.29) is 6.04 Å². The van der Waals surface area contributed by atoms with Gasteiger partial charge >= 0.3 is 0 Å². The Kier molecular flexibility index (Phi) is 3.20. The number of thiophene rings is 1. The molecule has 3 heteroatoms. The van der Waals surface area contributed by atoms with Crippen molar-refractivity contribution in [2.45, 2.75) is 26.1 Å². The first-order chi connectivity index (χ1) is 8.74. The van der Waals surface area contributed by atoms with E-state index in [0.717, 1.165) is 19.6 Å². The summed E-state index contributed by atoms with van der Waals surface area (Å²) in [7, 11) is 0. The summed E-state index contributed by atoms with van der Waals surface area (Å²) < 4.78 is 0. The molecule has 0 spiro atoms. The van der Waals surface area contributed by atoms with E-state index < -0.39 is 0 Å². The van der Waals surface area contributed by atoms with E-state index in [0.29, 0.717) is 0 Å². The fourth-order valence-corrected chi connectivity index (χ4v) is 3.87. The van der Waals surface area contributed by atoms with Crippen LogP contribution in [-0.2, 0) is 13.1 Å². The van der Waals surface area contributed by atoms with Gasteiger partial charge in [-0.1, -0.05) is 30.3 Å². The molecule has 0 saturated carbocycles. The highest BCUT2D eigenvalue weighted by Crippen LogP contribution is 2.33. The van der Waals surface area contributed by atoms with E-state index in [1.54, 1.807) is 0 Å². The van der Waals surface area contributed by atoms with Crippen molar-refractivity contribution in [2.75, 3.05) is 6.54 Å². The Hall–Kier alpha value is -1.16. The van der Waals surface area contributed by atoms with Crippen LogP contribution in [-0.4, -0.2) is 11.4 Å². The van der Waals surface area contributed by atoms with Crippen molar-refractivity contribution in [1.82, 2.24) is 4.90 Å². The first kappa shape index (κ1) is 11.9. The Morgan fingerprint density at radius 1 is 1.33 bits per heavy atom. The second-order valence-corrected chi connectivity index (χ2v) is 5.98. The van der Waals surface area contributed by atoms with Crippen molar-refractivity contribution in [3.63, 3.8) is 0 Å². The highest BCUT2D eigenvalue weighted by molar-refractivity contribution is 7.10. The van der Waals surface area contributed by atoms with E-state index in [2.05, 4.69) is 47.5 Å². The SMILES string of the molecule is Cc1csc2c1C(N)CN(Cc1ccccc1)C2. The standard InChI is InChI=1S/C15H18N2S/c1-11-10-18-14-9-17(8-13(16)15(11)14)7-12-5-3-2-4-6-12/h2-6,10,13H,7-9,16H2,1H3. The molecule has 1 aliphatic rings. The maximum Gasteiger partial charge on any atom is 0.0438 e. The molecule has 2 aromatic rings. The van der Waals surface area contributed by atoms with Crippen LogP contribution in [0.15, 0.2) is 35.7 Å². The number of hydrogen-bond acceptors (Lipinski definition) is 3. The number of benzene rings is 1. The number of nitrogens with zero attached hydrogens (tertiary/aromatic N) is 1. The number of hydrogen-bond donors (Lipinski definition) is 1.